The van der Waals surface area contributed by atoms with Crippen molar-refractivity contribution in [3.05, 3.63) is 24.3 Å². The Morgan fingerprint density at radius 1 is 0.692 bits per heavy atom. The summed E-state index contributed by atoms with van der Waals surface area (Å²) in [5, 5.41) is 0. The quantitative estimate of drug-likeness (QED) is 0.410. The Morgan fingerprint density at radius 2 is 1.15 bits per heavy atom. The summed E-state index contributed by atoms with van der Waals surface area (Å²) in [6, 6.07) is 0. The minimum absolute atomic E-state index is 0.581. The van der Waals surface area contributed by atoms with Crippen LogP contribution < -0.4 is 0 Å². The van der Waals surface area contributed by atoms with Crippen molar-refractivity contribution in [2.45, 2.75) is 50.7 Å². The first-order chi connectivity index (χ1) is 6.47. The van der Waals surface area contributed by atoms with E-state index in [1.165, 1.54) is 38.5 Å². The molecule has 1 fully saturated rings. The molecule has 1 heterocycles. The van der Waals surface area contributed by atoms with Crippen LogP contribution in [0.2, 0.25) is 0 Å². The maximum absolute atomic E-state index is 5.56. The molecule has 13 heavy (non-hydrogen) atoms. The summed E-state index contributed by atoms with van der Waals surface area (Å²) in [6.45, 7) is 0. The molecule has 0 amide bonds. The first-order valence-corrected chi connectivity index (χ1v) is 5.42. The molecule has 1 nitrogen and oxygen atoms in total. The molecule has 0 spiro atoms. The van der Waals surface area contributed by atoms with Crippen LogP contribution in [0, 0.1) is 0 Å². The largest absolute Gasteiger partial charge is 0.370 e. The van der Waals surface area contributed by atoms with Crippen molar-refractivity contribution in [3.8, 4) is 0 Å². The average Bonchev–Trinajstić information content (AvgIpc) is 2.83. The molecule has 0 radical (unpaired) electrons. The molecule has 2 atom stereocenters. The van der Waals surface area contributed by atoms with Crippen LogP contribution in [-0.4, -0.2) is 12.2 Å². The Balaban J connectivity index is 1.80. The monoisotopic (exact) mass is 178 g/mol. The van der Waals surface area contributed by atoms with Gasteiger partial charge in [0.2, 0.25) is 0 Å². The Hall–Kier alpha value is -0.560. The lowest BCUT2D eigenvalue weighted by atomic mass is 10.1. The molecule has 0 aromatic rings. The van der Waals surface area contributed by atoms with Crippen LogP contribution >= 0.6 is 0 Å². The van der Waals surface area contributed by atoms with Crippen LogP contribution in [0.4, 0.5) is 0 Å². The van der Waals surface area contributed by atoms with E-state index >= 15 is 0 Å². The smallest absolute Gasteiger partial charge is 0.0845 e. The summed E-state index contributed by atoms with van der Waals surface area (Å²) in [6.07, 6.45) is 17.6. The third-order valence-electron chi connectivity index (χ3n) is 2.76. The maximum atomic E-state index is 5.56. The van der Waals surface area contributed by atoms with Gasteiger partial charge >= 0.3 is 0 Å². The topological polar surface area (TPSA) is 12.5 Å². The molecule has 0 saturated carbocycles. The van der Waals surface area contributed by atoms with Crippen molar-refractivity contribution >= 4 is 0 Å². The molecule has 1 saturated heterocycles. The lowest BCUT2D eigenvalue weighted by Crippen LogP contribution is -1.93. The number of ether oxygens (including phenoxy) is 1. The number of hydrogen-bond acceptors (Lipinski definition) is 1. The molecule has 1 aliphatic carbocycles. The van der Waals surface area contributed by atoms with Gasteiger partial charge in [-0.2, -0.15) is 0 Å². The second-order valence-corrected chi connectivity index (χ2v) is 3.89. The van der Waals surface area contributed by atoms with Gasteiger partial charge in [-0.05, 0) is 38.5 Å². The van der Waals surface area contributed by atoms with E-state index in [0.29, 0.717) is 12.2 Å². The second kappa shape index (κ2) is 4.61. The van der Waals surface area contributed by atoms with Gasteiger partial charge in [-0.3, -0.25) is 0 Å². The highest BCUT2D eigenvalue weighted by molar-refractivity contribution is 4.94. The molecule has 0 bridgehead atoms. The van der Waals surface area contributed by atoms with Crippen molar-refractivity contribution in [1.29, 1.82) is 0 Å². The predicted molar refractivity (Wildman–Crippen MR) is 54.6 cm³/mol. The number of epoxide rings is 1. The van der Waals surface area contributed by atoms with Gasteiger partial charge < -0.3 is 4.74 Å². The first-order valence-electron chi connectivity index (χ1n) is 5.42. The van der Waals surface area contributed by atoms with Crippen molar-refractivity contribution in [3.63, 3.8) is 0 Å². The zero-order chi connectivity index (χ0) is 8.93. The van der Waals surface area contributed by atoms with E-state index in [1.54, 1.807) is 0 Å². The van der Waals surface area contributed by atoms with E-state index in [0.717, 1.165) is 0 Å². The van der Waals surface area contributed by atoms with Crippen LogP contribution in [-0.2, 0) is 4.74 Å². The Bertz CT molecular complexity index is 183. The average molecular weight is 178 g/mol. The second-order valence-electron chi connectivity index (χ2n) is 3.89. The molecule has 0 unspecified atom stereocenters. The summed E-state index contributed by atoms with van der Waals surface area (Å²) in [7, 11) is 0. The van der Waals surface area contributed by atoms with E-state index in [9.17, 15) is 0 Å². The molecule has 2 rings (SSSR count). The zero-order valence-electron chi connectivity index (χ0n) is 8.11. The third kappa shape index (κ3) is 3.00. The van der Waals surface area contributed by atoms with Gasteiger partial charge in [-0.25, -0.2) is 0 Å². The predicted octanol–water partition coefficient (Wildman–Crippen LogP) is 3.22. The van der Waals surface area contributed by atoms with Gasteiger partial charge in [0.25, 0.3) is 0 Å². The molecule has 72 valence electrons. The highest BCUT2D eigenvalue weighted by Gasteiger charge is 2.36. The van der Waals surface area contributed by atoms with Gasteiger partial charge in [0, 0.05) is 0 Å². The van der Waals surface area contributed by atoms with E-state index in [1.807, 2.05) is 0 Å². The first kappa shape index (κ1) is 9.01. The van der Waals surface area contributed by atoms with Gasteiger partial charge in [0.05, 0.1) is 12.2 Å². The lowest BCUT2D eigenvalue weighted by Gasteiger charge is -1.94. The molecule has 2 aliphatic rings. The standard InChI is InChI=1S/C12H18O/c1-2-4-6-8-10-12-11(13-12)9-7-5-3-1/h3-6,11-12H,1-2,7-10H2/b5-3-,6-4+/t11-,12-/m0/s1. The Morgan fingerprint density at radius 3 is 1.69 bits per heavy atom. The molecule has 0 N–H and O–H groups in total. The lowest BCUT2D eigenvalue weighted by molar-refractivity contribution is 0.357. The third-order valence-corrected chi connectivity index (χ3v) is 2.76. The number of allylic oxidation sites excluding steroid dienone is 4. The van der Waals surface area contributed by atoms with E-state index in [2.05, 4.69) is 24.3 Å². The van der Waals surface area contributed by atoms with Gasteiger partial charge in [0.15, 0.2) is 0 Å². The van der Waals surface area contributed by atoms with E-state index in [4.69, 9.17) is 4.74 Å². The van der Waals surface area contributed by atoms with Crippen LogP contribution in [0.25, 0.3) is 0 Å². The summed E-state index contributed by atoms with van der Waals surface area (Å²) in [5.74, 6) is 0. The normalized spacial score (nSPS) is 39.4. The summed E-state index contributed by atoms with van der Waals surface area (Å²) < 4.78 is 5.56. The fourth-order valence-electron chi connectivity index (χ4n) is 1.87. The van der Waals surface area contributed by atoms with Crippen LogP contribution in [0.5, 0.6) is 0 Å². The molecular formula is C12H18O. The van der Waals surface area contributed by atoms with Crippen molar-refractivity contribution in [2.24, 2.45) is 0 Å². The minimum atomic E-state index is 0.581. The van der Waals surface area contributed by atoms with Gasteiger partial charge in [-0.15, -0.1) is 0 Å². The summed E-state index contributed by atoms with van der Waals surface area (Å²) in [5.41, 5.74) is 0. The number of rotatable bonds is 0. The fourth-order valence-corrected chi connectivity index (χ4v) is 1.87. The highest BCUT2D eigenvalue weighted by atomic mass is 16.6. The molecule has 1 heteroatoms. The van der Waals surface area contributed by atoms with Crippen LogP contribution in [0.3, 0.4) is 0 Å². The van der Waals surface area contributed by atoms with E-state index < -0.39 is 0 Å². The van der Waals surface area contributed by atoms with Crippen molar-refractivity contribution in [1.82, 2.24) is 0 Å². The van der Waals surface area contributed by atoms with Crippen LogP contribution in [0.15, 0.2) is 24.3 Å². The molecule has 0 aromatic heterocycles. The minimum Gasteiger partial charge on any atom is -0.370 e. The summed E-state index contributed by atoms with van der Waals surface area (Å²) >= 11 is 0. The Kier molecular flexibility index (Phi) is 3.20. The van der Waals surface area contributed by atoms with Gasteiger partial charge in [-0.1, -0.05) is 24.3 Å². The SMILES string of the molecule is C1=C\CC[C@@H]2O[C@H]2CC/C=C/CC/1. The van der Waals surface area contributed by atoms with Crippen LogP contribution in [0.1, 0.15) is 38.5 Å². The maximum Gasteiger partial charge on any atom is 0.0845 e. The highest BCUT2D eigenvalue weighted by Crippen LogP contribution is 2.30. The fraction of sp³-hybridized carbons (Fsp3) is 0.667. The molecule has 0 aromatic carbocycles. The summed E-state index contributed by atoms with van der Waals surface area (Å²) in [4.78, 5) is 0. The molecule has 1 aliphatic heterocycles. The van der Waals surface area contributed by atoms with E-state index in [-0.39, 0.29) is 0 Å². The zero-order valence-corrected chi connectivity index (χ0v) is 8.11. The Labute approximate surface area is 80.5 Å². The van der Waals surface area contributed by atoms with Crippen molar-refractivity contribution < 1.29 is 4.74 Å². The van der Waals surface area contributed by atoms with Gasteiger partial charge in [0.1, 0.15) is 0 Å². The number of fused-ring (bicyclic) bond motifs is 1. The molecular weight excluding hydrogens is 160 g/mol. The number of hydrogen-bond donors (Lipinski definition) is 0. The van der Waals surface area contributed by atoms with Crippen molar-refractivity contribution in [2.75, 3.05) is 0 Å².